The molecule has 2 nitrogen and oxygen atoms in total. The first-order chi connectivity index (χ1) is 8.75. The van der Waals surface area contributed by atoms with Gasteiger partial charge in [-0.05, 0) is 49.7 Å². The smallest absolute Gasteiger partial charge is 0.0570 e. The molecule has 2 aromatic rings. The van der Waals surface area contributed by atoms with Crippen LogP contribution in [-0.4, -0.2) is 11.5 Å². The van der Waals surface area contributed by atoms with Gasteiger partial charge in [0.05, 0.1) is 5.69 Å². The number of rotatable bonds is 5. The third kappa shape index (κ3) is 3.83. The molecule has 1 unspecified atom stereocenters. The quantitative estimate of drug-likeness (QED) is 0.888. The summed E-state index contributed by atoms with van der Waals surface area (Å²) in [5.74, 6) is 0. The van der Waals surface area contributed by atoms with E-state index in [4.69, 9.17) is 11.6 Å². The van der Waals surface area contributed by atoms with E-state index in [1.54, 1.807) is 0 Å². The average molecular weight is 261 g/mol. The van der Waals surface area contributed by atoms with Gasteiger partial charge >= 0.3 is 0 Å². The third-order valence-electron chi connectivity index (χ3n) is 2.91. The van der Waals surface area contributed by atoms with Crippen LogP contribution in [0.3, 0.4) is 0 Å². The summed E-state index contributed by atoms with van der Waals surface area (Å²) in [6, 6.07) is 14.3. The molecule has 1 heterocycles. The first-order valence-corrected chi connectivity index (χ1v) is 6.52. The maximum absolute atomic E-state index is 5.85. The minimum absolute atomic E-state index is 0.276. The van der Waals surface area contributed by atoms with E-state index in [-0.39, 0.29) is 6.04 Å². The summed E-state index contributed by atoms with van der Waals surface area (Å²) in [5.41, 5.74) is 2.37. The van der Waals surface area contributed by atoms with E-state index in [9.17, 15) is 0 Å². The van der Waals surface area contributed by atoms with E-state index >= 15 is 0 Å². The highest BCUT2D eigenvalue weighted by atomic mass is 35.5. The molecule has 0 aliphatic heterocycles. The van der Waals surface area contributed by atoms with Crippen LogP contribution in [0.4, 0.5) is 0 Å². The SMILES string of the molecule is CC(NCCc1ccc(Cl)cc1)c1ccccn1. The van der Waals surface area contributed by atoms with E-state index in [0.717, 1.165) is 23.7 Å². The second kappa shape index (κ2) is 6.53. The number of hydrogen-bond donors (Lipinski definition) is 1. The van der Waals surface area contributed by atoms with Crippen molar-refractivity contribution in [2.24, 2.45) is 0 Å². The molecule has 1 aromatic carbocycles. The van der Waals surface area contributed by atoms with Gasteiger partial charge in [0.15, 0.2) is 0 Å². The first-order valence-electron chi connectivity index (χ1n) is 6.14. The number of halogens is 1. The van der Waals surface area contributed by atoms with Gasteiger partial charge in [0.25, 0.3) is 0 Å². The second-order valence-electron chi connectivity index (χ2n) is 4.31. The van der Waals surface area contributed by atoms with Crippen LogP contribution in [0.25, 0.3) is 0 Å². The van der Waals surface area contributed by atoms with E-state index in [1.807, 2.05) is 36.5 Å². The highest BCUT2D eigenvalue weighted by Crippen LogP contribution is 2.11. The minimum atomic E-state index is 0.276. The molecule has 0 bridgehead atoms. The second-order valence-corrected chi connectivity index (χ2v) is 4.74. The summed E-state index contributed by atoms with van der Waals surface area (Å²) < 4.78 is 0. The minimum Gasteiger partial charge on any atom is -0.309 e. The van der Waals surface area contributed by atoms with Gasteiger partial charge < -0.3 is 5.32 Å². The van der Waals surface area contributed by atoms with E-state index < -0.39 is 0 Å². The molecule has 0 saturated carbocycles. The van der Waals surface area contributed by atoms with Crippen LogP contribution < -0.4 is 5.32 Å². The van der Waals surface area contributed by atoms with Gasteiger partial charge in [-0.2, -0.15) is 0 Å². The van der Waals surface area contributed by atoms with Gasteiger partial charge in [0.1, 0.15) is 0 Å². The van der Waals surface area contributed by atoms with Gasteiger partial charge in [-0.3, -0.25) is 4.98 Å². The molecule has 0 saturated heterocycles. The van der Waals surface area contributed by atoms with Crippen LogP contribution in [0, 0.1) is 0 Å². The first kappa shape index (κ1) is 13.1. The number of hydrogen-bond acceptors (Lipinski definition) is 2. The largest absolute Gasteiger partial charge is 0.309 e. The molecule has 94 valence electrons. The summed E-state index contributed by atoms with van der Waals surface area (Å²) >= 11 is 5.85. The van der Waals surface area contributed by atoms with Crippen LogP contribution in [0.1, 0.15) is 24.2 Å². The van der Waals surface area contributed by atoms with Crippen LogP contribution in [0.2, 0.25) is 5.02 Å². The van der Waals surface area contributed by atoms with Crippen LogP contribution in [-0.2, 0) is 6.42 Å². The topological polar surface area (TPSA) is 24.9 Å². The molecule has 0 aliphatic carbocycles. The van der Waals surface area contributed by atoms with Crippen molar-refractivity contribution >= 4 is 11.6 Å². The zero-order valence-corrected chi connectivity index (χ0v) is 11.2. The lowest BCUT2D eigenvalue weighted by molar-refractivity contribution is 0.564. The third-order valence-corrected chi connectivity index (χ3v) is 3.16. The van der Waals surface area contributed by atoms with E-state index in [1.165, 1.54) is 5.56 Å². The number of aromatic nitrogens is 1. The lowest BCUT2D eigenvalue weighted by Crippen LogP contribution is -2.22. The summed E-state index contributed by atoms with van der Waals surface area (Å²) in [6.45, 7) is 3.06. The highest BCUT2D eigenvalue weighted by Gasteiger charge is 2.04. The van der Waals surface area contributed by atoms with Crippen LogP contribution >= 0.6 is 11.6 Å². The van der Waals surface area contributed by atoms with Gasteiger partial charge in [0, 0.05) is 17.3 Å². The van der Waals surface area contributed by atoms with Crippen molar-refractivity contribution in [3.8, 4) is 0 Å². The van der Waals surface area contributed by atoms with Gasteiger partial charge in [-0.25, -0.2) is 0 Å². The van der Waals surface area contributed by atoms with Crippen molar-refractivity contribution < 1.29 is 0 Å². The summed E-state index contributed by atoms with van der Waals surface area (Å²) in [7, 11) is 0. The van der Waals surface area contributed by atoms with Crippen molar-refractivity contribution in [3.05, 3.63) is 64.9 Å². The van der Waals surface area contributed by atoms with Crippen molar-refractivity contribution in [2.75, 3.05) is 6.54 Å². The molecule has 3 heteroatoms. The molecule has 1 N–H and O–H groups in total. The number of benzene rings is 1. The summed E-state index contributed by atoms with van der Waals surface area (Å²) in [5, 5.41) is 4.25. The zero-order chi connectivity index (χ0) is 12.8. The molecule has 0 amide bonds. The maximum Gasteiger partial charge on any atom is 0.0570 e. The highest BCUT2D eigenvalue weighted by molar-refractivity contribution is 6.30. The standard InChI is InChI=1S/C15H17ClN2/c1-12(15-4-2-3-10-18-15)17-11-9-13-5-7-14(16)8-6-13/h2-8,10,12,17H,9,11H2,1H3. The van der Waals surface area contributed by atoms with Crippen molar-refractivity contribution in [2.45, 2.75) is 19.4 Å². The predicted molar refractivity (Wildman–Crippen MR) is 75.8 cm³/mol. The average Bonchev–Trinajstić information content (AvgIpc) is 2.42. The fraction of sp³-hybridized carbons (Fsp3) is 0.267. The Kier molecular flexibility index (Phi) is 4.73. The van der Waals surface area contributed by atoms with Crippen molar-refractivity contribution in [1.82, 2.24) is 10.3 Å². The predicted octanol–water partition coefficient (Wildman–Crippen LogP) is 3.63. The Bertz CT molecular complexity index is 468. The molecule has 1 aromatic heterocycles. The Labute approximate surface area is 113 Å². The zero-order valence-electron chi connectivity index (χ0n) is 10.4. The van der Waals surface area contributed by atoms with E-state index in [2.05, 4.69) is 29.4 Å². The summed E-state index contributed by atoms with van der Waals surface area (Å²) in [6.07, 6.45) is 2.82. The Hall–Kier alpha value is -1.38. The van der Waals surface area contributed by atoms with Crippen molar-refractivity contribution in [1.29, 1.82) is 0 Å². The fourth-order valence-corrected chi connectivity index (χ4v) is 1.95. The fourth-order valence-electron chi connectivity index (χ4n) is 1.82. The Balaban J connectivity index is 1.80. The molecule has 0 radical (unpaired) electrons. The normalized spacial score (nSPS) is 12.3. The Morgan fingerprint density at radius 1 is 1.17 bits per heavy atom. The molecule has 2 rings (SSSR count). The molecule has 0 aliphatic rings. The molecule has 0 fully saturated rings. The maximum atomic E-state index is 5.85. The molecular weight excluding hydrogens is 244 g/mol. The van der Waals surface area contributed by atoms with Gasteiger partial charge in [-0.15, -0.1) is 0 Å². The molecule has 18 heavy (non-hydrogen) atoms. The summed E-state index contributed by atoms with van der Waals surface area (Å²) in [4.78, 5) is 4.34. The Morgan fingerprint density at radius 3 is 2.61 bits per heavy atom. The number of nitrogens with one attached hydrogen (secondary N) is 1. The van der Waals surface area contributed by atoms with Crippen LogP contribution in [0.15, 0.2) is 48.7 Å². The molecular formula is C15H17ClN2. The lowest BCUT2D eigenvalue weighted by atomic mass is 10.1. The molecule has 1 atom stereocenters. The molecule has 0 spiro atoms. The van der Waals surface area contributed by atoms with E-state index in [0.29, 0.717) is 0 Å². The van der Waals surface area contributed by atoms with Gasteiger partial charge in [-0.1, -0.05) is 29.8 Å². The van der Waals surface area contributed by atoms with Gasteiger partial charge in [0.2, 0.25) is 0 Å². The number of nitrogens with zero attached hydrogens (tertiary/aromatic N) is 1. The number of pyridine rings is 1. The Morgan fingerprint density at radius 2 is 1.94 bits per heavy atom. The lowest BCUT2D eigenvalue weighted by Gasteiger charge is -2.13. The van der Waals surface area contributed by atoms with Crippen molar-refractivity contribution in [3.63, 3.8) is 0 Å². The van der Waals surface area contributed by atoms with Crippen LogP contribution in [0.5, 0.6) is 0 Å². The monoisotopic (exact) mass is 260 g/mol.